The summed E-state index contributed by atoms with van der Waals surface area (Å²) < 4.78 is 5.88. The molecule has 7 heteroatoms. The summed E-state index contributed by atoms with van der Waals surface area (Å²) in [5, 5.41) is 21.4. The van der Waals surface area contributed by atoms with Gasteiger partial charge in [0.1, 0.15) is 12.4 Å². The number of allylic oxidation sites excluding steroid dienone is 1. The number of hydrogen-bond acceptors (Lipinski definition) is 4. The van der Waals surface area contributed by atoms with E-state index in [1.165, 1.54) is 12.1 Å². The van der Waals surface area contributed by atoms with Gasteiger partial charge in [0.25, 0.3) is 5.69 Å². The Morgan fingerprint density at radius 3 is 2.31 bits per heavy atom. The van der Waals surface area contributed by atoms with E-state index in [0.29, 0.717) is 26.9 Å². The van der Waals surface area contributed by atoms with Crippen LogP contribution in [0.2, 0.25) is 10.0 Å². The average molecular weight is 425 g/mol. The molecule has 0 saturated heterocycles. The van der Waals surface area contributed by atoms with Crippen molar-refractivity contribution in [1.82, 2.24) is 0 Å². The smallest absolute Gasteiger partial charge is 0.269 e. The number of nitriles is 1. The van der Waals surface area contributed by atoms with E-state index in [0.717, 1.165) is 11.1 Å². The summed E-state index contributed by atoms with van der Waals surface area (Å²) >= 11 is 12.0. The monoisotopic (exact) mass is 424 g/mol. The van der Waals surface area contributed by atoms with Gasteiger partial charge in [0, 0.05) is 27.7 Å². The second-order valence-corrected chi connectivity index (χ2v) is 6.94. The molecule has 29 heavy (non-hydrogen) atoms. The van der Waals surface area contributed by atoms with Crippen LogP contribution in [0.4, 0.5) is 5.69 Å². The highest BCUT2D eigenvalue weighted by molar-refractivity contribution is 6.31. The molecule has 0 aliphatic carbocycles. The Kier molecular flexibility index (Phi) is 6.50. The van der Waals surface area contributed by atoms with Crippen LogP contribution in [-0.4, -0.2) is 4.92 Å². The van der Waals surface area contributed by atoms with Crippen LogP contribution in [0, 0.1) is 21.4 Å². The minimum atomic E-state index is -0.451. The molecule has 3 rings (SSSR count). The number of benzene rings is 3. The maximum Gasteiger partial charge on any atom is 0.269 e. The normalized spacial score (nSPS) is 11.0. The molecule has 0 aliphatic heterocycles. The summed E-state index contributed by atoms with van der Waals surface area (Å²) in [5.74, 6) is 0.537. The first kappa shape index (κ1) is 20.4. The number of hydrogen-bond donors (Lipinski definition) is 0. The molecule has 144 valence electrons. The zero-order valence-electron chi connectivity index (χ0n) is 15.0. The van der Waals surface area contributed by atoms with Gasteiger partial charge in [-0.1, -0.05) is 35.3 Å². The molecule has 5 nitrogen and oxygen atoms in total. The van der Waals surface area contributed by atoms with Crippen molar-refractivity contribution in [1.29, 1.82) is 5.26 Å². The molecular formula is C22H14Cl2N2O3. The highest BCUT2D eigenvalue weighted by Gasteiger charge is 2.09. The first-order valence-corrected chi connectivity index (χ1v) is 9.25. The topological polar surface area (TPSA) is 76.2 Å². The summed E-state index contributed by atoms with van der Waals surface area (Å²) in [4.78, 5) is 10.3. The van der Waals surface area contributed by atoms with Gasteiger partial charge in [0.05, 0.1) is 16.6 Å². The van der Waals surface area contributed by atoms with Crippen LogP contribution in [-0.2, 0) is 6.61 Å². The second kappa shape index (κ2) is 9.24. The standard InChI is InChI=1S/C22H14Cl2N2O3/c23-19-5-3-16(4-6-19)18(13-25)11-17-12-20(24)7-10-22(17)29-14-15-1-8-21(9-2-15)26(27)28/h1-12H,14H2/b18-11+. The van der Waals surface area contributed by atoms with Crippen LogP contribution in [0.5, 0.6) is 5.75 Å². The Morgan fingerprint density at radius 2 is 1.69 bits per heavy atom. The van der Waals surface area contributed by atoms with E-state index in [-0.39, 0.29) is 12.3 Å². The van der Waals surface area contributed by atoms with E-state index in [1.807, 2.05) is 0 Å². The fraction of sp³-hybridized carbons (Fsp3) is 0.0455. The van der Waals surface area contributed by atoms with E-state index in [4.69, 9.17) is 27.9 Å². The Balaban J connectivity index is 1.86. The van der Waals surface area contributed by atoms with Crippen molar-refractivity contribution in [2.45, 2.75) is 6.61 Å². The lowest BCUT2D eigenvalue weighted by Gasteiger charge is -2.11. The molecule has 0 atom stereocenters. The van der Waals surface area contributed by atoms with Crippen molar-refractivity contribution in [3.8, 4) is 11.8 Å². The van der Waals surface area contributed by atoms with Crippen molar-refractivity contribution >= 4 is 40.5 Å². The van der Waals surface area contributed by atoms with Crippen LogP contribution in [0.25, 0.3) is 11.6 Å². The van der Waals surface area contributed by atoms with E-state index >= 15 is 0 Å². The van der Waals surface area contributed by atoms with Gasteiger partial charge < -0.3 is 4.74 Å². The number of rotatable bonds is 6. The van der Waals surface area contributed by atoms with Gasteiger partial charge in [0.15, 0.2) is 0 Å². The van der Waals surface area contributed by atoms with Crippen molar-refractivity contribution in [3.63, 3.8) is 0 Å². The number of non-ortho nitro benzene ring substituents is 1. The van der Waals surface area contributed by atoms with Gasteiger partial charge in [-0.25, -0.2) is 0 Å². The summed E-state index contributed by atoms with van der Waals surface area (Å²) in [6, 6.07) is 20.4. The molecule has 0 spiro atoms. The zero-order chi connectivity index (χ0) is 20.8. The van der Waals surface area contributed by atoms with Crippen LogP contribution < -0.4 is 4.74 Å². The van der Waals surface area contributed by atoms with Crippen LogP contribution in [0.15, 0.2) is 66.7 Å². The van der Waals surface area contributed by atoms with Crippen LogP contribution in [0.1, 0.15) is 16.7 Å². The molecule has 0 saturated carbocycles. The molecule has 3 aromatic carbocycles. The zero-order valence-corrected chi connectivity index (χ0v) is 16.5. The predicted molar refractivity (Wildman–Crippen MR) is 114 cm³/mol. The van der Waals surface area contributed by atoms with E-state index in [1.54, 1.807) is 60.7 Å². The first-order chi connectivity index (χ1) is 14.0. The number of nitro groups is 1. The van der Waals surface area contributed by atoms with E-state index in [9.17, 15) is 15.4 Å². The summed E-state index contributed by atoms with van der Waals surface area (Å²) in [6.45, 7) is 0.212. The van der Waals surface area contributed by atoms with Gasteiger partial charge in [-0.3, -0.25) is 10.1 Å². The molecule has 0 N–H and O–H groups in total. The lowest BCUT2D eigenvalue weighted by molar-refractivity contribution is -0.384. The Hall–Kier alpha value is -3.33. The number of nitro benzene ring substituents is 1. The SMILES string of the molecule is N#C/C(=C\c1cc(Cl)ccc1OCc1ccc([N+](=O)[O-])cc1)c1ccc(Cl)cc1. The second-order valence-electron chi connectivity index (χ2n) is 6.07. The van der Waals surface area contributed by atoms with Gasteiger partial charge in [-0.15, -0.1) is 0 Å². The minimum absolute atomic E-state index is 0.0190. The summed E-state index contributed by atoms with van der Waals surface area (Å²) in [7, 11) is 0. The average Bonchev–Trinajstić information content (AvgIpc) is 2.72. The third kappa shape index (κ3) is 5.35. The number of nitrogens with zero attached hydrogens (tertiary/aromatic N) is 2. The minimum Gasteiger partial charge on any atom is -0.488 e. The lowest BCUT2D eigenvalue weighted by atomic mass is 10.0. The summed E-state index contributed by atoms with van der Waals surface area (Å²) in [6.07, 6.45) is 1.69. The van der Waals surface area contributed by atoms with Crippen LogP contribution in [0.3, 0.4) is 0 Å². The molecule has 0 radical (unpaired) electrons. The van der Waals surface area contributed by atoms with Crippen molar-refractivity contribution < 1.29 is 9.66 Å². The third-order valence-corrected chi connectivity index (χ3v) is 4.58. The summed E-state index contributed by atoms with van der Waals surface area (Å²) in [5.41, 5.74) is 2.59. The molecule has 0 unspecified atom stereocenters. The Labute approximate surface area is 177 Å². The Morgan fingerprint density at radius 1 is 1.03 bits per heavy atom. The number of halogens is 2. The highest BCUT2D eigenvalue weighted by Crippen LogP contribution is 2.29. The molecule has 0 aromatic heterocycles. The largest absolute Gasteiger partial charge is 0.488 e. The maximum absolute atomic E-state index is 10.8. The molecule has 3 aromatic rings. The molecule has 0 amide bonds. The molecular weight excluding hydrogens is 411 g/mol. The maximum atomic E-state index is 10.8. The highest BCUT2D eigenvalue weighted by atomic mass is 35.5. The third-order valence-electron chi connectivity index (χ3n) is 4.09. The molecule has 0 aliphatic rings. The molecule has 0 bridgehead atoms. The van der Waals surface area contributed by atoms with Gasteiger partial charge in [-0.05, 0) is 59.7 Å². The quantitative estimate of drug-likeness (QED) is 0.194. The fourth-order valence-electron chi connectivity index (χ4n) is 2.60. The van der Waals surface area contributed by atoms with E-state index < -0.39 is 4.92 Å². The first-order valence-electron chi connectivity index (χ1n) is 8.49. The fourth-order valence-corrected chi connectivity index (χ4v) is 2.91. The van der Waals surface area contributed by atoms with Gasteiger partial charge in [0.2, 0.25) is 0 Å². The van der Waals surface area contributed by atoms with Crippen molar-refractivity contribution in [2.75, 3.05) is 0 Å². The lowest BCUT2D eigenvalue weighted by Crippen LogP contribution is -1.98. The van der Waals surface area contributed by atoms with Crippen molar-refractivity contribution in [3.05, 3.63) is 104 Å². The molecule has 0 fully saturated rings. The van der Waals surface area contributed by atoms with Gasteiger partial charge >= 0.3 is 0 Å². The Bertz CT molecular complexity index is 1100. The molecule has 0 heterocycles. The number of ether oxygens (including phenoxy) is 1. The van der Waals surface area contributed by atoms with Crippen molar-refractivity contribution in [2.24, 2.45) is 0 Å². The van der Waals surface area contributed by atoms with Gasteiger partial charge in [-0.2, -0.15) is 5.26 Å². The van der Waals surface area contributed by atoms with E-state index in [2.05, 4.69) is 6.07 Å². The predicted octanol–water partition coefficient (Wildman–Crippen LogP) is 6.54. The van der Waals surface area contributed by atoms with Crippen LogP contribution >= 0.6 is 23.2 Å².